The number of halogens is 1. The van der Waals surface area contributed by atoms with E-state index in [9.17, 15) is 4.79 Å². The Morgan fingerprint density at radius 3 is 2.53 bits per heavy atom. The average molecular weight is 542 g/mol. The fraction of sp³-hybridized carbons (Fsp3) is 0.455. The molecule has 1 aliphatic rings. The molecule has 2 aromatic rings. The topological polar surface area (TPSA) is 66.0 Å². The normalized spacial score (nSPS) is 14.8. The van der Waals surface area contributed by atoms with Crippen LogP contribution in [0.5, 0.6) is 5.75 Å². The van der Waals surface area contributed by atoms with Crippen molar-refractivity contribution < 1.29 is 9.53 Å². The number of amides is 1. The summed E-state index contributed by atoms with van der Waals surface area (Å²) in [7, 11) is 5.21. The third-order valence-corrected chi connectivity index (χ3v) is 6.31. The molecule has 2 heterocycles. The molecule has 0 radical (unpaired) electrons. The molecule has 0 aliphatic carbocycles. The van der Waals surface area contributed by atoms with Crippen LogP contribution in [-0.2, 0) is 11.3 Å². The highest BCUT2D eigenvalue weighted by atomic mass is 127. The number of benzene rings is 1. The predicted octanol–water partition coefficient (Wildman–Crippen LogP) is 3.97. The minimum atomic E-state index is 0. The summed E-state index contributed by atoms with van der Waals surface area (Å²) < 4.78 is 5.23. The number of thiophene rings is 1. The molecule has 6 nitrogen and oxygen atoms in total. The van der Waals surface area contributed by atoms with Crippen LogP contribution < -0.4 is 15.4 Å². The van der Waals surface area contributed by atoms with Crippen LogP contribution >= 0.6 is 35.3 Å². The van der Waals surface area contributed by atoms with Crippen molar-refractivity contribution in [3.8, 4) is 16.9 Å². The first-order valence-corrected chi connectivity index (χ1v) is 10.9. The van der Waals surface area contributed by atoms with Crippen molar-refractivity contribution in [3.05, 3.63) is 40.6 Å². The van der Waals surface area contributed by atoms with E-state index in [0.717, 1.165) is 44.2 Å². The molecular weight excluding hydrogens is 511 g/mol. The summed E-state index contributed by atoms with van der Waals surface area (Å²) in [6, 6.07) is 10.4. The van der Waals surface area contributed by atoms with Gasteiger partial charge in [-0.15, -0.1) is 35.3 Å². The minimum Gasteiger partial charge on any atom is -0.497 e. The first-order chi connectivity index (χ1) is 14.1. The van der Waals surface area contributed by atoms with Gasteiger partial charge in [0.15, 0.2) is 5.96 Å². The SMILES string of the molecule is CN=C(NCc1cc(-c2ccc(OC)cc2)cs1)N1CCC(CC(=O)NC)CC1.I. The molecule has 1 amide bonds. The van der Waals surface area contributed by atoms with Gasteiger partial charge in [0.1, 0.15) is 5.75 Å². The Bertz CT molecular complexity index is 830. The van der Waals surface area contributed by atoms with Crippen LogP contribution in [0.3, 0.4) is 0 Å². The third kappa shape index (κ3) is 6.60. The van der Waals surface area contributed by atoms with E-state index in [4.69, 9.17) is 4.74 Å². The number of guanidine groups is 1. The van der Waals surface area contributed by atoms with Gasteiger partial charge in [-0.1, -0.05) is 12.1 Å². The Hall–Kier alpha value is -1.81. The van der Waals surface area contributed by atoms with Crippen LogP contribution in [-0.4, -0.2) is 51.1 Å². The second kappa shape index (κ2) is 12.1. The highest BCUT2D eigenvalue weighted by Crippen LogP contribution is 2.27. The number of piperidine rings is 1. The van der Waals surface area contributed by atoms with Crippen molar-refractivity contribution in [2.75, 3.05) is 34.3 Å². The number of carbonyl (C=O) groups excluding carboxylic acids is 1. The number of nitrogens with zero attached hydrogens (tertiary/aromatic N) is 2. The number of nitrogens with one attached hydrogen (secondary N) is 2. The maximum Gasteiger partial charge on any atom is 0.220 e. The molecule has 164 valence electrons. The summed E-state index contributed by atoms with van der Waals surface area (Å²) >= 11 is 1.75. The van der Waals surface area contributed by atoms with Crippen molar-refractivity contribution in [2.24, 2.45) is 10.9 Å². The van der Waals surface area contributed by atoms with Crippen LogP contribution in [0.1, 0.15) is 24.1 Å². The molecule has 1 aliphatic heterocycles. The van der Waals surface area contributed by atoms with Crippen molar-refractivity contribution in [1.82, 2.24) is 15.5 Å². The van der Waals surface area contributed by atoms with Gasteiger partial charge in [0.05, 0.1) is 13.7 Å². The quantitative estimate of drug-likeness (QED) is 0.330. The standard InChI is InChI=1S/C22H30N4O2S.HI/c1-23-21(27)12-16-8-10-26(11-9-16)22(24-2)25-14-20-13-18(15-29-20)17-4-6-19(28-3)7-5-17;/h4-7,13,15-16H,8-12,14H2,1-3H3,(H,23,27)(H,24,25);1H. The van der Waals surface area contributed by atoms with Gasteiger partial charge < -0.3 is 20.3 Å². The van der Waals surface area contributed by atoms with E-state index in [1.54, 1.807) is 25.5 Å². The van der Waals surface area contributed by atoms with Crippen LogP contribution in [0.25, 0.3) is 11.1 Å². The number of likely N-dealkylation sites (tertiary alicyclic amines) is 1. The number of ether oxygens (including phenoxy) is 1. The zero-order valence-corrected chi connectivity index (χ0v) is 21.0. The van der Waals surface area contributed by atoms with E-state index in [1.165, 1.54) is 16.0 Å². The van der Waals surface area contributed by atoms with E-state index in [-0.39, 0.29) is 29.9 Å². The molecule has 0 atom stereocenters. The van der Waals surface area contributed by atoms with E-state index in [2.05, 4.69) is 44.1 Å². The third-order valence-electron chi connectivity index (χ3n) is 5.38. The molecule has 1 saturated heterocycles. The lowest BCUT2D eigenvalue weighted by molar-refractivity contribution is -0.121. The Balaban J connectivity index is 0.00000320. The zero-order valence-electron chi connectivity index (χ0n) is 17.8. The lowest BCUT2D eigenvalue weighted by atomic mass is 9.93. The molecule has 8 heteroatoms. The van der Waals surface area contributed by atoms with Crippen molar-refractivity contribution in [3.63, 3.8) is 0 Å². The van der Waals surface area contributed by atoms with Gasteiger partial charge in [0.2, 0.25) is 5.91 Å². The maximum atomic E-state index is 11.6. The number of methoxy groups -OCH3 is 1. The van der Waals surface area contributed by atoms with Crippen LogP contribution in [0.2, 0.25) is 0 Å². The van der Waals surface area contributed by atoms with Gasteiger partial charge >= 0.3 is 0 Å². The first kappa shape index (κ1) is 24.5. The molecule has 2 N–H and O–H groups in total. The van der Waals surface area contributed by atoms with Gasteiger partial charge in [-0.05, 0) is 53.5 Å². The van der Waals surface area contributed by atoms with Crippen molar-refractivity contribution in [2.45, 2.75) is 25.8 Å². The lowest BCUT2D eigenvalue weighted by Gasteiger charge is -2.34. The summed E-state index contributed by atoms with van der Waals surface area (Å²) in [5, 5.41) is 8.40. The second-order valence-corrected chi connectivity index (χ2v) is 8.23. The Kier molecular flexibility index (Phi) is 9.90. The van der Waals surface area contributed by atoms with E-state index < -0.39 is 0 Å². The molecule has 1 aromatic carbocycles. The molecule has 30 heavy (non-hydrogen) atoms. The van der Waals surface area contributed by atoms with Crippen LogP contribution in [0.4, 0.5) is 0 Å². The molecule has 0 saturated carbocycles. The number of rotatable bonds is 6. The van der Waals surface area contributed by atoms with Gasteiger partial charge in [0, 0.05) is 38.5 Å². The fourth-order valence-corrected chi connectivity index (χ4v) is 4.45. The first-order valence-electron chi connectivity index (χ1n) is 10.0. The number of hydrogen-bond acceptors (Lipinski definition) is 4. The number of aliphatic imine (C=N–C) groups is 1. The predicted molar refractivity (Wildman–Crippen MR) is 135 cm³/mol. The molecule has 0 spiro atoms. The molecule has 1 aromatic heterocycles. The van der Waals surface area contributed by atoms with Crippen molar-refractivity contribution >= 4 is 47.2 Å². The highest BCUT2D eigenvalue weighted by molar-refractivity contribution is 14.0. The van der Waals surface area contributed by atoms with Gasteiger partial charge in [0.25, 0.3) is 0 Å². The monoisotopic (exact) mass is 542 g/mol. The second-order valence-electron chi connectivity index (χ2n) is 7.24. The Morgan fingerprint density at radius 1 is 1.23 bits per heavy atom. The van der Waals surface area contributed by atoms with Gasteiger partial charge in [-0.3, -0.25) is 9.79 Å². The van der Waals surface area contributed by atoms with Crippen LogP contribution in [0.15, 0.2) is 40.7 Å². The van der Waals surface area contributed by atoms with Gasteiger partial charge in [-0.2, -0.15) is 0 Å². The molecule has 0 bridgehead atoms. The minimum absolute atomic E-state index is 0. The van der Waals surface area contributed by atoms with Crippen LogP contribution in [0, 0.1) is 5.92 Å². The lowest BCUT2D eigenvalue weighted by Crippen LogP contribution is -2.45. The summed E-state index contributed by atoms with van der Waals surface area (Å²) in [4.78, 5) is 19.6. The number of carbonyl (C=O) groups is 1. The van der Waals surface area contributed by atoms with Gasteiger partial charge in [-0.25, -0.2) is 0 Å². The molecule has 0 unspecified atom stereocenters. The Labute approximate surface area is 200 Å². The maximum absolute atomic E-state index is 11.6. The average Bonchev–Trinajstić information content (AvgIpc) is 3.24. The largest absolute Gasteiger partial charge is 0.497 e. The Morgan fingerprint density at radius 2 is 1.93 bits per heavy atom. The molecule has 3 rings (SSSR count). The van der Waals surface area contributed by atoms with Crippen molar-refractivity contribution in [1.29, 1.82) is 0 Å². The zero-order chi connectivity index (χ0) is 20.6. The molecule has 1 fully saturated rings. The summed E-state index contributed by atoms with van der Waals surface area (Å²) in [6.07, 6.45) is 2.67. The van der Waals surface area contributed by atoms with E-state index in [1.807, 2.05) is 19.2 Å². The smallest absolute Gasteiger partial charge is 0.220 e. The molecular formula is C22H31IN4O2S. The summed E-state index contributed by atoms with van der Waals surface area (Å²) in [5.74, 6) is 2.40. The summed E-state index contributed by atoms with van der Waals surface area (Å²) in [6.45, 7) is 2.62. The van der Waals surface area contributed by atoms with E-state index in [0.29, 0.717) is 12.3 Å². The fourth-order valence-electron chi connectivity index (χ4n) is 3.62. The van der Waals surface area contributed by atoms with E-state index >= 15 is 0 Å². The number of hydrogen-bond donors (Lipinski definition) is 2. The highest BCUT2D eigenvalue weighted by Gasteiger charge is 2.23. The summed E-state index contributed by atoms with van der Waals surface area (Å²) in [5.41, 5.74) is 2.41.